The van der Waals surface area contributed by atoms with Gasteiger partial charge in [0.15, 0.2) is 0 Å². The van der Waals surface area contributed by atoms with Crippen molar-refractivity contribution in [1.82, 2.24) is 0 Å². The van der Waals surface area contributed by atoms with Crippen molar-refractivity contribution in [3.05, 3.63) is 0 Å². The maximum atomic E-state index is 8.71. The molecule has 0 aromatic carbocycles. The van der Waals surface area contributed by atoms with Crippen molar-refractivity contribution in [3.63, 3.8) is 0 Å². The maximum Gasteiger partial charge on any atom is 0.0638 e. The zero-order chi connectivity index (χ0) is 4.41. The first-order chi connectivity index (χ1) is 2.89. The zero-order valence-corrected chi connectivity index (χ0v) is 7.79. The molecule has 1 N–H and O–H groups in total. The van der Waals surface area contributed by atoms with Crippen molar-refractivity contribution in [2.24, 2.45) is 0 Å². The van der Waals surface area contributed by atoms with Gasteiger partial charge < -0.3 is 5.11 Å². The largest absolute Gasteiger partial charge is 0.392 e. The topological polar surface area (TPSA) is 20.2 Å². The van der Waals surface area contributed by atoms with Gasteiger partial charge in [0.25, 0.3) is 0 Å². The van der Waals surface area contributed by atoms with Gasteiger partial charge in [-0.05, 0) is 12.2 Å². The van der Waals surface area contributed by atoms with Crippen LogP contribution < -0.4 is 0 Å². The molecular weight excluding hydrogens is 185 g/mol. The van der Waals surface area contributed by atoms with Crippen LogP contribution in [0.3, 0.4) is 0 Å². The van der Waals surface area contributed by atoms with E-state index in [9.17, 15) is 0 Å². The first-order valence-corrected chi connectivity index (χ1v) is 3.31. The van der Waals surface area contributed by atoms with Gasteiger partial charge in [0.2, 0.25) is 0 Å². The van der Waals surface area contributed by atoms with E-state index in [4.69, 9.17) is 5.11 Å². The molecule has 0 spiro atoms. The second kappa shape index (κ2) is 4.31. The van der Waals surface area contributed by atoms with E-state index in [-0.39, 0.29) is 38.8 Å². The molecule has 0 aromatic heterocycles. The maximum absolute atomic E-state index is 8.71. The molecular formula is C4H8OSY. The van der Waals surface area contributed by atoms with Crippen LogP contribution in [0.4, 0.5) is 0 Å². The van der Waals surface area contributed by atoms with Crippen molar-refractivity contribution < 1.29 is 37.8 Å². The van der Waals surface area contributed by atoms with Crippen molar-refractivity contribution in [2.45, 2.75) is 12.5 Å². The van der Waals surface area contributed by atoms with E-state index >= 15 is 0 Å². The summed E-state index contributed by atoms with van der Waals surface area (Å²) in [4.78, 5) is 0. The molecule has 0 bridgehead atoms. The predicted molar refractivity (Wildman–Crippen MR) is 27.9 cm³/mol. The Morgan fingerprint density at radius 3 is 2.43 bits per heavy atom. The minimum absolute atomic E-state index is 0. The summed E-state index contributed by atoms with van der Waals surface area (Å²) >= 11 is 1.83. The first kappa shape index (κ1) is 8.41. The fourth-order valence-corrected chi connectivity index (χ4v) is 1.57. The molecule has 1 nitrogen and oxygen atoms in total. The predicted octanol–water partition coefficient (Wildman–Crippen LogP) is 0.482. The molecule has 0 amide bonds. The third-order valence-electron chi connectivity index (χ3n) is 0.906. The Morgan fingerprint density at radius 1 is 1.57 bits per heavy atom. The molecule has 1 aliphatic rings. The number of aliphatic hydroxyl groups is 1. The van der Waals surface area contributed by atoms with Crippen LogP contribution >= 0.6 is 11.8 Å². The second-order valence-corrected chi connectivity index (χ2v) is 2.67. The van der Waals surface area contributed by atoms with E-state index < -0.39 is 0 Å². The van der Waals surface area contributed by atoms with Crippen LogP contribution in [0.2, 0.25) is 0 Å². The Hall–Kier alpha value is 1.41. The van der Waals surface area contributed by atoms with E-state index in [1.807, 2.05) is 11.8 Å². The van der Waals surface area contributed by atoms with Crippen molar-refractivity contribution in [2.75, 3.05) is 11.5 Å². The average Bonchev–Trinajstić information content (AvgIpc) is 1.86. The summed E-state index contributed by atoms with van der Waals surface area (Å²) in [5.74, 6) is 2.11. The van der Waals surface area contributed by atoms with E-state index in [2.05, 4.69) is 0 Å². The van der Waals surface area contributed by atoms with Gasteiger partial charge in [0, 0.05) is 38.5 Å². The number of thioether (sulfide) groups is 1. The molecule has 0 saturated carbocycles. The molecule has 1 heterocycles. The first-order valence-electron chi connectivity index (χ1n) is 2.15. The SMILES string of the molecule is OC1CCSC1.[Y]. The molecule has 0 aromatic rings. The minimum atomic E-state index is 0. The van der Waals surface area contributed by atoms with Crippen LogP contribution in [-0.2, 0) is 32.7 Å². The Bertz CT molecular complexity index is 45.0. The summed E-state index contributed by atoms with van der Waals surface area (Å²) in [6, 6.07) is 0. The van der Waals surface area contributed by atoms with Crippen LogP contribution in [0.1, 0.15) is 6.42 Å². The normalized spacial score (nSPS) is 29.6. The Balaban J connectivity index is 0.000000360. The van der Waals surface area contributed by atoms with Crippen molar-refractivity contribution in [3.8, 4) is 0 Å². The van der Waals surface area contributed by atoms with Crippen LogP contribution in [0.25, 0.3) is 0 Å². The molecule has 39 valence electrons. The summed E-state index contributed by atoms with van der Waals surface area (Å²) in [5, 5.41) is 8.71. The van der Waals surface area contributed by atoms with Crippen LogP contribution in [-0.4, -0.2) is 22.7 Å². The van der Waals surface area contributed by atoms with Crippen molar-refractivity contribution in [1.29, 1.82) is 0 Å². The Kier molecular flexibility index (Phi) is 5.18. The molecule has 1 aliphatic heterocycles. The summed E-state index contributed by atoms with van der Waals surface area (Å²) in [5.41, 5.74) is 0. The van der Waals surface area contributed by atoms with Gasteiger partial charge in [0.05, 0.1) is 6.10 Å². The quantitative estimate of drug-likeness (QED) is 0.603. The molecule has 1 fully saturated rings. The summed E-state index contributed by atoms with van der Waals surface area (Å²) in [6.07, 6.45) is 1.01. The number of aliphatic hydroxyl groups excluding tert-OH is 1. The molecule has 3 heteroatoms. The van der Waals surface area contributed by atoms with E-state index in [1.165, 1.54) is 0 Å². The van der Waals surface area contributed by atoms with Gasteiger partial charge >= 0.3 is 0 Å². The van der Waals surface area contributed by atoms with E-state index in [1.54, 1.807) is 0 Å². The molecule has 1 rings (SSSR count). The minimum Gasteiger partial charge on any atom is -0.392 e. The molecule has 1 atom stereocenters. The van der Waals surface area contributed by atoms with E-state index in [0.717, 1.165) is 17.9 Å². The van der Waals surface area contributed by atoms with Crippen LogP contribution in [0, 0.1) is 0 Å². The molecule has 0 aliphatic carbocycles. The van der Waals surface area contributed by atoms with Crippen LogP contribution in [0.5, 0.6) is 0 Å². The Morgan fingerprint density at radius 2 is 2.29 bits per heavy atom. The Labute approximate surface area is 73.1 Å². The number of rotatable bonds is 0. The second-order valence-electron chi connectivity index (χ2n) is 1.52. The third kappa shape index (κ3) is 3.07. The fraction of sp³-hybridized carbons (Fsp3) is 1.00. The fourth-order valence-electron chi connectivity index (χ4n) is 0.522. The standard InChI is InChI=1S/C4H8OS.Y/c5-4-1-2-6-3-4;/h4-5H,1-3H2;. The molecule has 1 unspecified atom stereocenters. The number of hydrogen-bond acceptors (Lipinski definition) is 2. The average molecular weight is 193 g/mol. The zero-order valence-electron chi connectivity index (χ0n) is 4.13. The summed E-state index contributed by atoms with van der Waals surface area (Å²) in [7, 11) is 0. The van der Waals surface area contributed by atoms with Gasteiger partial charge in [-0.15, -0.1) is 0 Å². The molecule has 1 radical (unpaired) electrons. The molecule has 7 heavy (non-hydrogen) atoms. The van der Waals surface area contributed by atoms with Gasteiger partial charge in [-0.3, -0.25) is 0 Å². The van der Waals surface area contributed by atoms with E-state index in [0.29, 0.717) is 0 Å². The van der Waals surface area contributed by atoms with Gasteiger partial charge in [-0.25, -0.2) is 0 Å². The number of hydrogen-bond donors (Lipinski definition) is 1. The summed E-state index contributed by atoms with van der Waals surface area (Å²) < 4.78 is 0. The molecule has 1 saturated heterocycles. The summed E-state index contributed by atoms with van der Waals surface area (Å²) in [6.45, 7) is 0. The van der Waals surface area contributed by atoms with Gasteiger partial charge in [-0.1, -0.05) is 0 Å². The third-order valence-corrected chi connectivity index (χ3v) is 2.05. The van der Waals surface area contributed by atoms with Gasteiger partial charge in [0.1, 0.15) is 0 Å². The van der Waals surface area contributed by atoms with Gasteiger partial charge in [-0.2, -0.15) is 11.8 Å². The van der Waals surface area contributed by atoms with Crippen molar-refractivity contribution >= 4 is 11.8 Å². The smallest absolute Gasteiger partial charge is 0.0638 e. The van der Waals surface area contributed by atoms with Crippen LogP contribution in [0.15, 0.2) is 0 Å². The monoisotopic (exact) mass is 193 g/mol.